The molecule has 168 valence electrons. The van der Waals surface area contributed by atoms with Crippen molar-refractivity contribution in [2.24, 2.45) is 9.98 Å². The number of guanidine groups is 1. The zero-order valence-corrected chi connectivity index (χ0v) is 18.3. The number of ether oxygens (including phenoxy) is 1. The maximum atomic E-state index is 14.1. The summed E-state index contributed by atoms with van der Waals surface area (Å²) < 4.78 is 70.7. The first-order valence-corrected chi connectivity index (χ1v) is 12.1. The van der Waals surface area contributed by atoms with Crippen LogP contribution in [0.15, 0.2) is 38.0 Å². The van der Waals surface area contributed by atoms with Crippen molar-refractivity contribution in [3.8, 4) is 0 Å². The minimum atomic E-state index is -5.13. The summed E-state index contributed by atoms with van der Waals surface area (Å²) in [4.78, 5) is 23.5. The average Bonchev–Trinajstić information content (AvgIpc) is 3.09. The molecule has 0 aliphatic carbocycles. The van der Waals surface area contributed by atoms with Gasteiger partial charge in [-0.05, 0) is 49.2 Å². The van der Waals surface area contributed by atoms with Crippen molar-refractivity contribution in [2.45, 2.75) is 40.9 Å². The van der Waals surface area contributed by atoms with Crippen LogP contribution >= 0.6 is 11.8 Å². The van der Waals surface area contributed by atoms with Crippen LogP contribution in [0.3, 0.4) is 0 Å². The summed E-state index contributed by atoms with van der Waals surface area (Å²) in [5, 5.41) is -0.112. The zero-order valence-electron chi connectivity index (χ0n) is 16.6. The average molecular weight is 477 g/mol. The van der Waals surface area contributed by atoms with E-state index >= 15 is 0 Å². The van der Waals surface area contributed by atoms with E-state index in [9.17, 15) is 26.4 Å². The van der Waals surface area contributed by atoms with Gasteiger partial charge in [-0.15, -0.1) is 0 Å². The molecule has 31 heavy (non-hydrogen) atoms. The number of carbonyl (C=O) groups excluding carboxylic acids is 1. The van der Waals surface area contributed by atoms with Crippen LogP contribution in [0.25, 0.3) is 0 Å². The molecule has 0 aromatic heterocycles. The molecule has 3 heterocycles. The first-order chi connectivity index (χ1) is 14.5. The van der Waals surface area contributed by atoms with Gasteiger partial charge in [0.1, 0.15) is 0 Å². The number of esters is 1. The van der Waals surface area contributed by atoms with Gasteiger partial charge in [0.05, 0.1) is 17.7 Å². The Morgan fingerprint density at radius 2 is 1.87 bits per heavy atom. The van der Waals surface area contributed by atoms with Crippen LogP contribution in [0.5, 0.6) is 0 Å². The molecule has 0 amide bonds. The van der Waals surface area contributed by atoms with Crippen LogP contribution in [0.1, 0.15) is 19.3 Å². The van der Waals surface area contributed by atoms with E-state index in [4.69, 9.17) is 0 Å². The molecule has 3 aliphatic heterocycles. The second-order valence-corrected chi connectivity index (χ2v) is 10.4. The number of anilines is 1. The Hall–Kier alpha value is -2.28. The Labute approximate surface area is 181 Å². The lowest BCUT2D eigenvalue weighted by Gasteiger charge is -2.39. The highest BCUT2D eigenvalue weighted by Crippen LogP contribution is 2.48. The quantitative estimate of drug-likeness (QED) is 0.606. The molecule has 3 aliphatic rings. The van der Waals surface area contributed by atoms with Gasteiger partial charge in [-0.2, -0.15) is 13.2 Å². The predicted octanol–water partition coefficient (Wildman–Crippen LogP) is 2.65. The number of aliphatic imine (C=N–C) groups is 2. The fourth-order valence-electron chi connectivity index (χ4n) is 3.64. The minimum Gasteiger partial charge on any atom is -0.465 e. The first-order valence-electron chi connectivity index (χ1n) is 9.40. The van der Waals surface area contributed by atoms with Crippen molar-refractivity contribution in [3.05, 3.63) is 18.2 Å². The Morgan fingerprint density at radius 3 is 2.45 bits per heavy atom. The molecule has 1 aromatic carbocycles. The van der Waals surface area contributed by atoms with E-state index in [1.165, 1.54) is 23.1 Å². The zero-order chi connectivity index (χ0) is 22.6. The van der Waals surface area contributed by atoms with Gasteiger partial charge in [0, 0.05) is 24.2 Å². The molecule has 0 spiro atoms. The highest BCUT2D eigenvalue weighted by Gasteiger charge is 2.66. The third-order valence-corrected chi connectivity index (χ3v) is 7.33. The smallest absolute Gasteiger partial charge is 0.446 e. The molecule has 1 fully saturated rings. The second-order valence-electron chi connectivity index (χ2n) is 7.35. The number of hydrogen-bond acceptors (Lipinski definition) is 9. The van der Waals surface area contributed by atoms with Gasteiger partial charge in [0.15, 0.2) is 15.0 Å². The van der Waals surface area contributed by atoms with Crippen LogP contribution in [0.4, 0.5) is 18.9 Å². The van der Waals surface area contributed by atoms with Gasteiger partial charge in [-0.1, -0.05) is 0 Å². The minimum absolute atomic E-state index is 0.0331. The highest BCUT2D eigenvalue weighted by molar-refractivity contribution is 8.15. The van der Waals surface area contributed by atoms with E-state index in [0.29, 0.717) is 23.7 Å². The number of methoxy groups -OCH3 is 1. The Morgan fingerprint density at radius 1 is 1.19 bits per heavy atom. The molecule has 13 heteroatoms. The van der Waals surface area contributed by atoms with E-state index in [-0.39, 0.29) is 16.0 Å². The third kappa shape index (κ3) is 3.56. The molecule has 0 saturated carbocycles. The molecular formula is C18H19F3N4O4S2. The number of thioether (sulfide) groups is 1. The van der Waals surface area contributed by atoms with E-state index in [1.54, 1.807) is 4.90 Å². The lowest BCUT2D eigenvalue weighted by atomic mass is 10.1. The molecule has 0 bridgehead atoms. The van der Waals surface area contributed by atoms with E-state index in [1.807, 2.05) is 0 Å². The number of carbonyl (C=O) groups is 1. The lowest BCUT2D eigenvalue weighted by Crippen LogP contribution is -2.59. The summed E-state index contributed by atoms with van der Waals surface area (Å²) in [6.45, 7) is 0.943. The summed E-state index contributed by atoms with van der Waals surface area (Å²) in [6.07, 6.45) is -1.61. The number of nitrogens with zero attached hydrogens (tertiary/aromatic N) is 4. The van der Waals surface area contributed by atoms with Crippen LogP contribution in [0.2, 0.25) is 0 Å². The van der Waals surface area contributed by atoms with Crippen molar-refractivity contribution in [3.63, 3.8) is 0 Å². The van der Waals surface area contributed by atoms with E-state index in [0.717, 1.165) is 44.4 Å². The Balaban J connectivity index is 1.91. The maximum Gasteiger partial charge on any atom is 0.446 e. The van der Waals surface area contributed by atoms with Gasteiger partial charge in [-0.25, -0.2) is 23.2 Å². The molecule has 1 unspecified atom stereocenters. The maximum absolute atomic E-state index is 14.1. The molecule has 0 N–H and O–H groups in total. The summed E-state index contributed by atoms with van der Waals surface area (Å²) in [5.41, 5.74) is -2.96. The Kier molecular flexibility index (Phi) is 5.23. The number of rotatable bonds is 2. The standard InChI is InChI=1S/C18H19F3N4O4S2/c1-29-14(26)17(18(19,20)21)22-15(24-8-4-3-5-9-24)25-12-7-6-11(31(2,27)28)10-13(12)30-16(25)23-17/h6-7,10H,3-5,8-9H2,1-2H3. The van der Waals surface area contributed by atoms with Crippen molar-refractivity contribution < 1.29 is 31.1 Å². The number of hydrogen-bond donors (Lipinski definition) is 0. The van der Waals surface area contributed by atoms with E-state index < -0.39 is 27.6 Å². The van der Waals surface area contributed by atoms with Crippen molar-refractivity contribution >= 4 is 44.4 Å². The van der Waals surface area contributed by atoms with Crippen LogP contribution in [-0.4, -0.2) is 68.7 Å². The van der Waals surface area contributed by atoms with Crippen molar-refractivity contribution in [1.29, 1.82) is 0 Å². The second kappa shape index (κ2) is 7.40. The SMILES string of the molecule is COC(=O)C1(C(F)(F)F)N=C2Sc3cc(S(C)(=O)=O)ccc3N2C(N2CCCCC2)=N1. The fourth-order valence-corrected chi connectivity index (χ4v) is 5.46. The van der Waals surface area contributed by atoms with Crippen molar-refractivity contribution in [2.75, 3.05) is 31.4 Å². The monoisotopic (exact) mass is 476 g/mol. The van der Waals surface area contributed by atoms with Crippen LogP contribution in [0, 0.1) is 0 Å². The lowest BCUT2D eigenvalue weighted by molar-refractivity contribution is -0.201. The number of alkyl halides is 3. The number of amidine groups is 1. The molecule has 4 rings (SSSR count). The molecule has 1 aromatic rings. The Bertz CT molecular complexity index is 1100. The fraction of sp³-hybridized carbons (Fsp3) is 0.500. The number of piperidine rings is 1. The van der Waals surface area contributed by atoms with Crippen LogP contribution in [-0.2, 0) is 19.4 Å². The summed E-state index contributed by atoms with van der Waals surface area (Å²) in [6, 6.07) is 4.29. The number of sulfone groups is 1. The highest BCUT2D eigenvalue weighted by atomic mass is 32.2. The number of benzene rings is 1. The van der Waals surface area contributed by atoms with Gasteiger partial charge in [-0.3, -0.25) is 4.90 Å². The number of fused-ring (bicyclic) bond motifs is 3. The largest absolute Gasteiger partial charge is 0.465 e. The van der Waals surface area contributed by atoms with E-state index in [2.05, 4.69) is 14.7 Å². The number of likely N-dealkylation sites (tertiary alicyclic amines) is 1. The normalized spacial score (nSPS) is 23.6. The van der Waals surface area contributed by atoms with Gasteiger partial charge in [0.2, 0.25) is 5.96 Å². The summed E-state index contributed by atoms with van der Waals surface area (Å²) in [5.74, 6) is -1.68. The first kappa shape index (κ1) is 21.9. The molecule has 1 saturated heterocycles. The number of halogens is 3. The third-order valence-electron chi connectivity index (χ3n) is 5.22. The molecule has 1 atom stereocenters. The van der Waals surface area contributed by atoms with Gasteiger partial charge < -0.3 is 9.64 Å². The van der Waals surface area contributed by atoms with Crippen LogP contribution < -0.4 is 4.90 Å². The molecule has 0 radical (unpaired) electrons. The topological polar surface area (TPSA) is 91.6 Å². The summed E-state index contributed by atoms with van der Waals surface area (Å²) in [7, 11) is -2.67. The van der Waals surface area contributed by atoms with Gasteiger partial charge in [0.25, 0.3) is 0 Å². The summed E-state index contributed by atoms with van der Waals surface area (Å²) >= 11 is 0.861. The van der Waals surface area contributed by atoms with Gasteiger partial charge >= 0.3 is 17.8 Å². The molecule has 8 nitrogen and oxygen atoms in total. The molecular weight excluding hydrogens is 457 g/mol. The predicted molar refractivity (Wildman–Crippen MR) is 109 cm³/mol. The van der Waals surface area contributed by atoms with Crippen molar-refractivity contribution in [1.82, 2.24) is 4.90 Å².